The van der Waals surface area contributed by atoms with E-state index in [1.54, 1.807) is 0 Å². The minimum Gasteiger partial charge on any atom is -0.478 e. The Balaban J connectivity index is 2.40. The number of benzene rings is 1. The summed E-state index contributed by atoms with van der Waals surface area (Å²) in [6, 6.07) is 3.98. The van der Waals surface area contributed by atoms with Gasteiger partial charge in [-0.2, -0.15) is 0 Å². The van der Waals surface area contributed by atoms with Crippen LogP contribution in [0.25, 0.3) is 10.8 Å². The van der Waals surface area contributed by atoms with Crippen molar-refractivity contribution in [2.45, 2.75) is 13.5 Å². The van der Waals surface area contributed by atoms with E-state index in [2.05, 4.69) is 9.97 Å². The van der Waals surface area contributed by atoms with Crippen LogP contribution in [0.2, 0.25) is 0 Å². The Morgan fingerprint density at radius 3 is 2.86 bits per heavy atom. The van der Waals surface area contributed by atoms with Crippen molar-refractivity contribution in [1.82, 2.24) is 14.5 Å². The van der Waals surface area contributed by atoms with Crippen LogP contribution < -0.4 is 5.56 Å². The van der Waals surface area contributed by atoms with Crippen LogP contribution in [0.15, 0.2) is 35.5 Å². The summed E-state index contributed by atoms with van der Waals surface area (Å²) < 4.78 is 15.3. The van der Waals surface area contributed by atoms with Crippen molar-refractivity contribution in [2.75, 3.05) is 0 Å². The zero-order valence-corrected chi connectivity index (χ0v) is 11.6. The molecule has 0 atom stereocenters. The highest BCUT2D eigenvalue weighted by Crippen LogP contribution is 2.22. The van der Waals surface area contributed by atoms with Crippen molar-refractivity contribution in [1.29, 1.82) is 0 Å². The number of nitrogens with one attached hydrogen (secondary N) is 1. The van der Waals surface area contributed by atoms with Crippen LogP contribution in [0.5, 0.6) is 0 Å². The fourth-order valence-electron chi connectivity index (χ4n) is 2.57. The molecule has 0 aliphatic heterocycles. The second-order valence-corrected chi connectivity index (χ2v) is 4.90. The molecule has 0 amide bonds. The number of carbonyl (C=O) groups is 1. The molecule has 1 aromatic carbocycles. The summed E-state index contributed by atoms with van der Waals surface area (Å²) in [4.78, 5) is 30.8. The van der Waals surface area contributed by atoms with E-state index in [1.807, 2.05) is 0 Å². The molecular weight excluding hydrogens is 289 g/mol. The Kier molecular flexibility index (Phi) is 3.25. The lowest BCUT2D eigenvalue weighted by Gasteiger charge is -2.14. The number of aromatic nitrogens is 3. The molecule has 0 bridgehead atoms. The van der Waals surface area contributed by atoms with Crippen LogP contribution in [-0.2, 0) is 6.54 Å². The molecule has 0 unspecified atom stereocenters. The molecule has 0 aliphatic rings. The summed E-state index contributed by atoms with van der Waals surface area (Å²) in [6.45, 7) is 1.63. The molecule has 3 rings (SSSR count). The fourth-order valence-corrected chi connectivity index (χ4v) is 2.57. The molecule has 0 aliphatic carbocycles. The third-order valence-electron chi connectivity index (χ3n) is 3.61. The molecule has 0 saturated heterocycles. The highest BCUT2D eigenvalue weighted by molar-refractivity contribution is 6.04. The van der Waals surface area contributed by atoms with Gasteiger partial charge in [0.1, 0.15) is 5.82 Å². The second kappa shape index (κ2) is 5.10. The van der Waals surface area contributed by atoms with Crippen molar-refractivity contribution in [2.24, 2.45) is 0 Å². The topological polar surface area (TPSA) is 88.0 Å². The third-order valence-corrected chi connectivity index (χ3v) is 3.61. The molecule has 2 N–H and O–H groups in total. The van der Waals surface area contributed by atoms with Crippen LogP contribution in [0.4, 0.5) is 4.39 Å². The van der Waals surface area contributed by atoms with E-state index in [1.165, 1.54) is 36.1 Å². The van der Waals surface area contributed by atoms with E-state index in [4.69, 9.17) is 0 Å². The minimum atomic E-state index is -1.20. The predicted octanol–water partition coefficient (Wildman–Crippen LogP) is 1.92. The number of fused-ring (bicyclic) bond motifs is 1. The first-order chi connectivity index (χ1) is 10.5. The van der Waals surface area contributed by atoms with E-state index in [0.29, 0.717) is 5.69 Å². The summed E-state index contributed by atoms with van der Waals surface area (Å²) in [7, 11) is 0. The molecule has 6 nitrogen and oxygen atoms in total. The number of imidazole rings is 1. The van der Waals surface area contributed by atoms with Crippen molar-refractivity contribution in [3.05, 3.63) is 63.8 Å². The van der Waals surface area contributed by atoms with Gasteiger partial charge in [0.05, 0.1) is 29.5 Å². The van der Waals surface area contributed by atoms with E-state index in [9.17, 15) is 19.1 Å². The zero-order chi connectivity index (χ0) is 15.9. The van der Waals surface area contributed by atoms with Gasteiger partial charge in [0, 0.05) is 17.3 Å². The number of nitrogens with zero attached hydrogens (tertiary/aromatic N) is 2. The summed E-state index contributed by atoms with van der Waals surface area (Å²) in [5.41, 5.74) is 0.251. The summed E-state index contributed by atoms with van der Waals surface area (Å²) in [6.07, 6.45) is 2.98. The van der Waals surface area contributed by atoms with Gasteiger partial charge >= 0.3 is 5.97 Å². The lowest BCUT2D eigenvalue weighted by Crippen LogP contribution is -2.27. The number of aromatic carboxylic acids is 1. The Labute approximate surface area is 123 Å². The molecule has 2 aromatic heterocycles. The second-order valence-electron chi connectivity index (χ2n) is 4.90. The Morgan fingerprint density at radius 2 is 2.23 bits per heavy atom. The highest BCUT2D eigenvalue weighted by Gasteiger charge is 2.21. The SMILES string of the molecule is Cc1c(C(=O)O)c2cccc(F)c2c(=O)n1Cc1cnc[nH]1. The number of carboxylic acids is 1. The van der Waals surface area contributed by atoms with E-state index in [0.717, 1.165) is 6.07 Å². The quantitative estimate of drug-likeness (QED) is 0.773. The lowest BCUT2D eigenvalue weighted by atomic mass is 10.0. The molecule has 7 heteroatoms. The van der Waals surface area contributed by atoms with Gasteiger partial charge in [0.15, 0.2) is 0 Å². The Hall–Kier alpha value is -2.96. The first kappa shape index (κ1) is 14.0. The molecule has 0 fully saturated rings. The number of hydrogen-bond donors (Lipinski definition) is 2. The first-order valence-electron chi connectivity index (χ1n) is 6.53. The van der Waals surface area contributed by atoms with Gasteiger partial charge in [0.2, 0.25) is 0 Å². The van der Waals surface area contributed by atoms with Crippen LogP contribution >= 0.6 is 0 Å². The fraction of sp³-hybridized carbons (Fsp3) is 0.133. The molecule has 22 heavy (non-hydrogen) atoms. The number of carboxylic acid groups (broad SMARTS) is 1. The number of halogens is 1. The molecule has 3 aromatic rings. The molecule has 0 spiro atoms. The van der Waals surface area contributed by atoms with Crippen molar-refractivity contribution < 1.29 is 14.3 Å². The van der Waals surface area contributed by atoms with Crippen molar-refractivity contribution >= 4 is 16.7 Å². The van der Waals surface area contributed by atoms with Crippen LogP contribution in [0, 0.1) is 12.7 Å². The normalized spacial score (nSPS) is 11.0. The maximum Gasteiger partial charge on any atom is 0.338 e. The predicted molar refractivity (Wildman–Crippen MR) is 77.6 cm³/mol. The summed E-state index contributed by atoms with van der Waals surface area (Å²) in [5.74, 6) is -1.94. The average Bonchev–Trinajstić information content (AvgIpc) is 2.96. The largest absolute Gasteiger partial charge is 0.478 e. The number of hydrogen-bond acceptors (Lipinski definition) is 3. The summed E-state index contributed by atoms with van der Waals surface area (Å²) in [5, 5.41) is 9.33. The van der Waals surface area contributed by atoms with E-state index < -0.39 is 17.3 Å². The molecule has 0 saturated carbocycles. The Morgan fingerprint density at radius 1 is 1.45 bits per heavy atom. The van der Waals surface area contributed by atoms with Crippen LogP contribution in [0.3, 0.4) is 0 Å². The third kappa shape index (κ3) is 2.07. The highest BCUT2D eigenvalue weighted by atomic mass is 19.1. The average molecular weight is 301 g/mol. The minimum absolute atomic E-state index is 0.0754. The number of aromatic amines is 1. The maximum atomic E-state index is 14.1. The number of H-pyrrole nitrogens is 1. The smallest absolute Gasteiger partial charge is 0.338 e. The maximum absolute atomic E-state index is 14.1. The van der Waals surface area contributed by atoms with Gasteiger partial charge in [0.25, 0.3) is 5.56 Å². The Bertz CT molecular complexity index is 929. The monoisotopic (exact) mass is 301 g/mol. The molecule has 2 heterocycles. The van der Waals surface area contributed by atoms with Gasteiger partial charge in [-0.3, -0.25) is 4.79 Å². The van der Waals surface area contributed by atoms with Crippen LogP contribution in [-0.4, -0.2) is 25.6 Å². The molecular formula is C15H12FN3O3. The summed E-state index contributed by atoms with van der Waals surface area (Å²) >= 11 is 0. The standard InChI is InChI=1S/C15H12FN3O3/c1-8-12(15(21)22)10-3-2-4-11(16)13(10)14(20)19(8)6-9-5-17-7-18-9/h2-5,7H,6H2,1H3,(H,17,18)(H,21,22). The van der Waals surface area contributed by atoms with Gasteiger partial charge in [-0.25, -0.2) is 14.2 Å². The van der Waals surface area contributed by atoms with E-state index >= 15 is 0 Å². The van der Waals surface area contributed by atoms with Crippen molar-refractivity contribution in [3.63, 3.8) is 0 Å². The van der Waals surface area contributed by atoms with Gasteiger partial charge in [-0.15, -0.1) is 0 Å². The van der Waals surface area contributed by atoms with Gasteiger partial charge in [-0.1, -0.05) is 12.1 Å². The molecule has 0 radical (unpaired) electrons. The van der Waals surface area contributed by atoms with Gasteiger partial charge < -0.3 is 14.7 Å². The van der Waals surface area contributed by atoms with Gasteiger partial charge in [-0.05, 0) is 13.0 Å². The van der Waals surface area contributed by atoms with E-state index in [-0.39, 0.29) is 28.6 Å². The van der Waals surface area contributed by atoms with Crippen LogP contribution in [0.1, 0.15) is 21.7 Å². The number of pyridine rings is 1. The number of rotatable bonds is 3. The lowest BCUT2D eigenvalue weighted by molar-refractivity contribution is 0.0697. The molecule has 112 valence electrons. The first-order valence-corrected chi connectivity index (χ1v) is 6.53. The van der Waals surface area contributed by atoms with Crippen molar-refractivity contribution in [3.8, 4) is 0 Å². The zero-order valence-electron chi connectivity index (χ0n) is 11.6.